The second kappa shape index (κ2) is 5.28. The fraction of sp³-hybridized carbons (Fsp3) is 0.417. The molecule has 0 spiro atoms. The average Bonchev–Trinajstić information content (AvgIpc) is 2.34. The van der Waals surface area contributed by atoms with E-state index in [1.165, 1.54) is 0 Å². The van der Waals surface area contributed by atoms with Gasteiger partial charge in [0.15, 0.2) is 5.78 Å². The number of carbonyl (C=O) groups excluding carboxylic acids is 1. The van der Waals surface area contributed by atoms with Crippen LogP contribution in [0.3, 0.4) is 0 Å². The predicted molar refractivity (Wildman–Crippen MR) is 57.0 cm³/mol. The van der Waals surface area contributed by atoms with Crippen molar-refractivity contribution < 1.29 is 40.6 Å². The molecule has 1 rings (SSSR count). The second-order valence-electron chi connectivity index (χ2n) is 4.35. The lowest BCUT2D eigenvalue weighted by Crippen LogP contribution is -2.62. The largest absolute Gasteiger partial charge is 0.427 e. The first kappa shape index (κ1) is 17.4. The third-order valence-electron chi connectivity index (χ3n) is 3.01. The molecule has 0 aliphatic rings. The van der Waals surface area contributed by atoms with Crippen LogP contribution in [0.1, 0.15) is 17.3 Å². The van der Waals surface area contributed by atoms with Gasteiger partial charge in [0.25, 0.3) is 5.60 Å². The van der Waals surface area contributed by atoms with Crippen molar-refractivity contribution in [3.8, 4) is 0 Å². The van der Waals surface area contributed by atoms with E-state index in [0.29, 0.717) is 19.1 Å². The maximum atomic E-state index is 12.6. The summed E-state index contributed by atoms with van der Waals surface area (Å²) in [6.07, 6.45) is -12.2. The molecule has 0 bridgehead atoms. The number of ketones is 1. The smallest absolute Gasteiger partial charge is 0.373 e. The number of carbonyl (C=O) groups is 1. The van der Waals surface area contributed by atoms with Crippen molar-refractivity contribution in [3.05, 3.63) is 35.6 Å². The van der Waals surface area contributed by atoms with Crippen molar-refractivity contribution in [2.45, 2.75) is 24.9 Å². The Morgan fingerprint density at radius 2 is 1.38 bits per heavy atom. The number of benzene rings is 1. The van der Waals surface area contributed by atoms with Crippen LogP contribution in [0.2, 0.25) is 0 Å². The summed E-state index contributed by atoms with van der Waals surface area (Å²) >= 11 is 0. The normalized spacial score (nSPS) is 14.9. The van der Waals surface area contributed by atoms with E-state index in [9.17, 15) is 35.5 Å². The van der Waals surface area contributed by atoms with E-state index >= 15 is 0 Å². The first-order valence-corrected chi connectivity index (χ1v) is 5.48. The number of Topliss-reactive ketones (excluding diaryl/α,β-unsaturated/α-hetero) is 1. The van der Waals surface area contributed by atoms with E-state index in [0.717, 1.165) is 12.1 Å². The highest BCUT2D eigenvalue weighted by Crippen LogP contribution is 2.48. The van der Waals surface area contributed by atoms with E-state index in [4.69, 9.17) is 5.11 Å². The zero-order chi connectivity index (χ0) is 16.6. The van der Waals surface area contributed by atoms with Crippen LogP contribution in [-0.2, 0) is 0 Å². The molecule has 1 unspecified atom stereocenters. The Balaban J connectivity index is 3.27. The van der Waals surface area contributed by atoms with Gasteiger partial charge in [-0.2, -0.15) is 26.3 Å². The minimum absolute atomic E-state index is 0.312. The van der Waals surface area contributed by atoms with Gasteiger partial charge in [0.05, 0.1) is 5.92 Å². The molecule has 0 amide bonds. The summed E-state index contributed by atoms with van der Waals surface area (Å²) in [6.45, 7) is 0.312. The lowest BCUT2D eigenvalue weighted by Gasteiger charge is -2.36. The third kappa shape index (κ3) is 3.02. The van der Waals surface area contributed by atoms with E-state index in [1.54, 1.807) is 0 Å². The summed E-state index contributed by atoms with van der Waals surface area (Å²) < 4.78 is 88.3. The minimum atomic E-state index is -6.10. The van der Waals surface area contributed by atoms with Gasteiger partial charge in [-0.3, -0.25) is 4.79 Å². The van der Waals surface area contributed by atoms with Crippen molar-refractivity contribution in [2.75, 3.05) is 0 Å². The van der Waals surface area contributed by atoms with Crippen molar-refractivity contribution >= 4 is 5.78 Å². The Morgan fingerprint density at radius 3 is 1.71 bits per heavy atom. The summed E-state index contributed by atoms with van der Waals surface area (Å²) in [6, 6.07) is 2.89. The molecule has 2 nitrogen and oxygen atoms in total. The molecule has 1 atom stereocenters. The maximum absolute atomic E-state index is 12.6. The van der Waals surface area contributed by atoms with Gasteiger partial charge in [0, 0.05) is 5.56 Å². The van der Waals surface area contributed by atoms with Crippen LogP contribution in [0.4, 0.5) is 30.7 Å². The molecule has 1 aromatic rings. The van der Waals surface area contributed by atoms with Crippen LogP contribution < -0.4 is 0 Å². The van der Waals surface area contributed by atoms with E-state index in [1.807, 2.05) is 0 Å². The highest BCUT2D eigenvalue weighted by molar-refractivity contribution is 5.98. The quantitative estimate of drug-likeness (QED) is 0.684. The number of alkyl halides is 6. The molecular weight excluding hydrogens is 309 g/mol. The van der Waals surface area contributed by atoms with Crippen molar-refractivity contribution in [2.24, 2.45) is 5.92 Å². The molecule has 21 heavy (non-hydrogen) atoms. The highest BCUT2D eigenvalue weighted by atomic mass is 19.4. The van der Waals surface area contributed by atoms with E-state index < -0.39 is 41.0 Å². The lowest BCUT2D eigenvalue weighted by atomic mass is 9.82. The van der Waals surface area contributed by atoms with Gasteiger partial charge in [-0.25, -0.2) is 4.39 Å². The Morgan fingerprint density at radius 1 is 1.00 bits per heavy atom. The van der Waals surface area contributed by atoms with Gasteiger partial charge < -0.3 is 5.11 Å². The Bertz CT molecular complexity index is 502. The summed E-state index contributed by atoms with van der Waals surface area (Å²) in [7, 11) is 0. The Labute approximate surface area is 114 Å². The standard InChI is InChI=1S/C12H9F7O2/c1-6(9(20)7-2-4-8(13)5-3-7)10(21,11(14,15)16)12(17,18)19/h2-6,21H,1H3. The molecule has 0 aliphatic heterocycles. The van der Waals surface area contributed by atoms with Gasteiger partial charge >= 0.3 is 12.4 Å². The average molecular weight is 318 g/mol. The van der Waals surface area contributed by atoms with Crippen molar-refractivity contribution in [1.82, 2.24) is 0 Å². The van der Waals surface area contributed by atoms with Crippen LogP contribution in [0.5, 0.6) is 0 Å². The van der Waals surface area contributed by atoms with Gasteiger partial charge in [-0.05, 0) is 24.3 Å². The third-order valence-corrected chi connectivity index (χ3v) is 3.01. The summed E-state index contributed by atoms with van der Waals surface area (Å²) in [5.41, 5.74) is -5.76. The Hall–Kier alpha value is -1.64. The zero-order valence-electron chi connectivity index (χ0n) is 10.4. The van der Waals surface area contributed by atoms with Gasteiger partial charge in [-0.1, -0.05) is 6.92 Å². The number of halogens is 7. The molecule has 0 radical (unpaired) electrons. The Kier molecular flexibility index (Phi) is 4.38. The number of hydrogen-bond donors (Lipinski definition) is 1. The number of hydrogen-bond acceptors (Lipinski definition) is 2. The molecular formula is C12H9F7O2. The predicted octanol–water partition coefficient (Wildman–Crippen LogP) is 3.50. The summed E-state index contributed by atoms with van der Waals surface area (Å²) in [5.74, 6) is -5.27. The first-order valence-electron chi connectivity index (χ1n) is 5.48. The minimum Gasteiger partial charge on any atom is -0.373 e. The molecule has 0 aliphatic carbocycles. The lowest BCUT2D eigenvalue weighted by molar-refractivity contribution is -0.377. The van der Waals surface area contributed by atoms with Crippen LogP contribution in [0, 0.1) is 11.7 Å². The van der Waals surface area contributed by atoms with Crippen LogP contribution >= 0.6 is 0 Å². The molecule has 0 fully saturated rings. The fourth-order valence-corrected chi connectivity index (χ4v) is 1.71. The molecule has 9 heteroatoms. The topological polar surface area (TPSA) is 37.3 Å². The zero-order valence-corrected chi connectivity index (χ0v) is 10.4. The van der Waals surface area contributed by atoms with Gasteiger partial charge in [0.1, 0.15) is 5.82 Å². The molecule has 1 aromatic carbocycles. The molecule has 0 saturated heterocycles. The monoisotopic (exact) mass is 318 g/mol. The maximum Gasteiger partial charge on any atom is 0.427 e. The van der Waals surface area contributed by atoms with Crippen LogP contribution in [-0.4, -0.2) is 28.8 Å². The summed E-state index contributed by atoms with van der Waals surface area (Å²) in [5, 5.41) is 9.09. The van der Waals surface area contributed by atoms with E-state index in [2.05, 4.69) is 0 Å². The number of rotatable bonds is 3. The first-order chi connectivity index (χ1) is 9.32. The molecule has 1 N–H and O–H groups in total. The highest BCUT2D eigenvalue weighted by Gasteiger charge is 2.74. The number of aliphatic hydroxyl groups is 1. The van der Waals surface area contributed by atoms with Gasteiger partial charge in [0.2, 0.25) is 0 Å². The second-order valence-corrected chi connectivity index (χ2v) is 4.35. The summed E-state index contributed by atoms with van der Waals surface area (Å²) in [4.78, 5) is 11.7. The van der Waals surface area contributed by atoms with Crippen molar-refractivity contribution in [1.29, 1.82) is 0 Å². The van der Waals surface area contributed by atoms with E-state index in [-0.39, 0.29) is 0 Å². The molecule has 0 aromatic heterocycles. The van der Waals surface area contributed by atoms with Crippen molar-refractivity contribution in [3.63, 3.8) is 0 Å². The molecule has 118 valence electrons. The molecule has 0 heterocycles. The fourth-order valence-electron chi connectivity index (χ4n) is 1.71. The van der Waals surface area contributed by atoms with Gasteiger partial charge in [-0.15, -0.1) is 0 Å². The van der Waals surface area contributed by atoms with Crippen LogP contribution in [0.25, 0.3) is 0 Å². The molecule has 0 saturated carbocycles. The SMILES string of the molecule is CC(C(=O)c1ccc(F)cc1)C(O)(C(F)(F)F)C(F)(F)F. The van der Waals surface area contributed by atoms with Crippen LogP contribution in [0.15, 0.2) is 24.3 Å².